The highest BCUT2D eigenvalue weighted by molar-refractivity contribution is 5.50. The van der Waals surface area contributed by atoms with Crippen LogP contribution in [-0.2, 0) is 6.54 Å². The quantitative estimate of drug-likeness (QED) is 0.927. The molecule has 0 atom stereocenters. The molecule has 0 bridgehead atoms. The summed E-state index contributed by atoms with van der Waals surface area (Å²) < 4.78 is 1.44. The summed E-state index contributed by atoms with van der Waals surface area (Å²) in [6.07, 6.45) is 1.43. The number of rotatable bonds is 3. The van der Waals surface area contributed by atoms with Crippen LogP contribution in [0.1, 0.15) is 37.7 Å². The Hall–Kier alpha value is -2.70. The van der Waals surface area contributed by atoms with E-state index in [1.165, 1.54) is 11.0 Å². The van der Waals surface area contributed by atoms with Crippen LogP contribution in [0.15, 0.2) is 24.5 Å². The third kappa shape index (κ3) is 3.65. The van der Waals surface area contributed by atoms with E-state index < -0.39 is 0 Å². The first-order valence-corrected chi connectivity index (χ1v) is 6.53. The zero-order valence-corrected chi connectivity index (χ0v) is 12.3. The number of nitriles is 2. The van der Waals surface area contributed by atoms with Gasteiger partial charge in [0.05, 0.1) is 11.3 Å². The van der Waals surface area contributed by atoms with Crippen molar-refractivity contribution in [2.24, 2.45) is 0 Å². The van der Waals surface area contributed by atoms with Crippen LogP contribution >= 0.6 is 0 Å². The van der Waals surface area contributed by atoms with Gasteiger partial charge in [-0.3, -0.25) is 0 Å². The van der Waals surface area contributed by atoms with Gasteiger partial charge in [-0.1, -0.05) is 6.07 Å². The summed E-state index contributed by atoms with van der Waals surface area (Å²) in [6.45, 7) is 6.95. The molecule has 2 rings (SSSR count). The SMILES string of the molecule is CC(C)(C)NCc1ccc(-n2cnc(C#N)n2)c(C#N)c1. The zero-order chi connectivity index (χ0) is 15.5. The highest BCUT2D eigenvalue weighted by Gasteiger charge is 2.11. The number of hydrogen-bond acceptors (Lipinski definition) is 5. The number of hydrogen-bond donors (Lipinski definition) is 1. The molecule has 106 valence electrons. The van der Waals surface area contributed by atoms with Crippen molar-refractivity contribution in [2.45, 2.75) is 32.9 Å². The van der Waals surface area contributed by atoms with Gasteiger partial charge in [-0.05, 0) is 38.5 Å². The minimum Gasteiger partial charge on any atom is -0.308 e. The highest BCUT2D eigenvalue weighted by Crippen LogP contribution is 2.16. The second-order valence-electron chi connectivity index (χ2n) is 5.69. The van der Waals surface area contributed by atoms with Crippen molar-refractivity contribution in [2.75, 3.05) is 0 Å². The molecule has 21 heavy (non-hydrogen) atoms. The summed E-state index contributed by atoms with van der Waals surface area (Å²) >= 11 is 0. The van der Waals surface area contributed by atoms with Crippen molar-refractivity contribution in [3.8, 4) is 17.8 Å². The summed E-state index contributed by atoms with van der Waals surface area (Å²) in [6, 6.07) is 9.59. The average molecular weight is 280 g/mol. The summed E-state index contributed by atoms with van der Waals surface area (Å²) in [5.41, 5.74) is 2.15. The lowest BCUT2D eigenvalue weighted by Gasteiger charge is -2.20. The fourth-order valence-corrected chi connectivity index (χ4v) is 1.78. The van der Waals surface area contributed by atoms with E-state index in [4.69, 9.17) is 5.26 Å². The Morgan fingerprint density at radius 1 is 1.24 bits per heavy atom. The van der Waals surface area contributed by atoms with Crippen LogP contribution in [0.25, 0.3) is 5.69 Å². The van der Waals surface area contributed by atoms with Gasteiger partial charge < -0.3 is 5.32 Å². The summed E-state index contributed by atoms with van der Waals surface area (Å²) in [5.74, 6) is 0.0809. The molecule has 0 spiro atoms. The lowest BCUT2D eigenvalue weighted by molar-refractivity contribution is 0.424. The Balaban J connectivity index is 2.29. The van der Waals surface area contributed by atoms with Crippen molar-refractivity contribution in [1.29, 1.82) is 10.5 Å². The van der Waals surface area contributed by atoms with Gasteiger partial charge in [-0.2, -0.15) is 10.5 Å². The van der Waals surface area contributed by atoms with Gasteiger partial charge in [0.15, 0.2) is 0 Å². The van der Waals surface area contributed by atoms with Gasteiger partial charge in [0.2, 0.25) is 0 Å². The van der Waals surface area contributed by atoms with Gasteiger partial charge in [-0.25, -0.2) is 9.67 Å². The van der Waals surface area contributed by atoms with Crippen LogP contribution in [0.4, 0.5) is 0 Å². The van der Waals surface area contributed by atoms with Gasteiger partial charge in [-0.15, -0.1) is 5.10 Å². The van der Waals surface area contributed by atoms with Crippen LogP contribution in [0.5, 0.6) is 0 Å². The topological polar surface area (TPSA) is 90.3 Å². The number of nitrogens with zero attached hydrogens (tertiary/aromatic N) is 5. The molecule has 0 fully saturated rings. The molecule has 1 aromatic carbocycles. The third-order valence-corrected chi connectivity index (χ3v) is 2.84. The van der Waals surface area contributed by atoms with E-state index in [2.05, 4.69) is 42.2 Å². The monoisotopic (exact) mass is 280 g/mol. The fraction of sp³-hybridized carbons (Fsp3) is 0.333. The van der Waals surface area contributed by atoms with Crippen LogP contribution in [0, 0.1) is 22.7 Å². The molecule has 1 aromatic heterocycles. The van der Waals surface area contributed by atoms with E-state index >= 15 is 0 Å². The highest BCUT2D eigenvalue weighted by atomic mass is 15.3. The molecular weight excluding hydrogens is 264 g/mol. The predicted molar refractivity (Wildman–Crippen MR) is 77.4 cm³/mol. The van der Waals surface area contributed by atoms with E-state index in [-0.39, 0.29) is 11.4 Å². The smallest absolute Gasteiger partial charge is 0.252 e. The first kappa shape index (κ1) is 14.7. The molecule has 6 nitrogen and oxygen atoms in total. The summed E-state index contributed by atoms with van der Waals surface area (Å²) in [4.78, 5) is 3.85. The summed E-state index contributed by atoms with van der Waals surface area (Å²) in [5, 5.41) is 25.4. The molecular formula is C15H16N6. The molecule has 0 saturated carbocycles. The molecule has 2 aromatic rings. The number of nitrogens with one attached hydrogen (secondary N) is 1. The van der Waals surface area contributed by atoms with Crippen molar-refractivity contribution in [3.05, 3.63) is 41.5 Å². The van der Waals surface area contributed by atoms with Crippen LogP contribution in [-0.4, -0.2) is 20.3 Å². The number of aromatic nitrogens is 3. The first-order chi connectivity index (χ1) is 9.93. The number of benzene rings is 1. The van der Waals surface area contributed by atoms with Gasteiger partial charge >= 0.3 is 0 Å². The minimum absolute atomic E-state index is 0.0130. The minimum atomic E-state index is 0.0130. The van der Waals surface area contributed by atoms with Crippen molar-refractivity contribution >= 4 is 0 Å². The largest absolute Gasteiger partial charge is 0.308 e. The van der Waals surface area contributed by atoms with Gasteiger partial charge in [0, 0.05) is 12.1 Å². The maximum atomic E-state index is 9.30. The van der Waals surface area contributed by atoms with Crippen molar-refractivity contribution < 1.29 is 0 Å². The van der Waals surface area contributed by atoms with Crippen molar-refractivity contribution in [3.63, 3.8) is 0 Å². The summed E-state index contributed by atoms with van der Waals surface area (Å²) in [7, 11) is 0. The molecule has 0 amide bonds. The molecule has 0 aliphatic heterocycles. The second kappa shape index (κ2) is 5.74. The molecule has 0 unspecified atom stereocenters. The molecule has 0 saturated heterocycles. The molecule has 0 aliphatic carbocycles. The second-order valence-corrected chi connectivity index (χ2v) is 5.69. The predicted octanol–water partition coefficient (Wildman–Crippen LogP) is 1.90. The van der Waals surface area contributed by atoms with Crippen molar-refractivity contribution in [1.82, 2.24) is 20.1 Å². The molecule has 0 radical (unpaired) electrons. The lowest BCUT2D eigenvalue weighted by atomic mass is 10.1. The molecule has 0 aliphatic rings. The van der Waals surface area contributed by atoms with E-state index in [0.717, 1.165) is 5.56 Å². The standard InChI is InChI=1S/C15H16N6/c1-15(2,3)19-9-11-4-5-13(12(6-11)7-16)21-10-18-14(8-17)20-21/h4-6,10,19H,9H2,1-3H3. The van der Waals surface area contributed by atoms with E-state index in [9.17, 15) is 5.26 Å². The Labute approximate surface area is 123 Å². The van der Waals surface area contributed by atoms with Gasteiger partial charge in [0.25, 0.3) is 5.82 Å². The van der Waals surface area contributed by atoms with E-state index in [1.807, 2.05) is 24.3 Å². The normalized spacial score (nSPS) is 10.9. The Bertz CT molecular complexity index is 724. The first-order valence-electron chi connectivity index (χ1n) is 6.53. The van der Waals surface area contributed by atoms with Gasteiger partial charge in [0.1, 0.15) is 18.5 Å². The van der Waals surface area contributed by atoms with E-state index in [1.54, 1.807) is 0 Å². The van der Waals surface area contributed by atoms with Crippen LogP contribution in [0.2, 0.25) is 0 Å². The lowest BCUT2D eigenvalue weighted by Crippen LogP contribution is -2.35. The maximum absolute atomic E-state index is 9.30. The zero-order valence-electron chi connectivity index (χ0n) is 12.3. The third-order valence-electron chi connectivity index (χ3n) is 2.84. The van der Waals surface area contributed by atoms with E-state index in [0.29, 0.717) is 17.8 Å². The maximum Gasteiger partial charge on any atom is 0.252 e. The molecule has 1 heterocycles. The van der Waals surface area contributed by atoms with Crippen LogP contribution in [0.3, 0.4) is 0 Å². The Kier molecular flexibility index (Phi) is 4.02. The Morgan fingerprint density at radius 2 is 2.00 bits per heavy atom. The van der Waals surface area contributed by atoms with Crippen LogP contribution < -0.4 is 5.32 Å². The Morgan fingerprint density at radius 3 is 2.57 bits per heavy atom. The average Bonchev–Trinajstić information content (AvgIpc) is 2.92. The molecule has 6 heteroatoms. The molecule has 1 N–H and O–H groups in total. The fourth-order valence-electron chi connectivity index (χ4n) is 1.78.